The molecule has 1 heterocycles. The molecule has 19 heavy (non-hydrogen) atoms. The zero-order valence-electron chi connectivity index (χ0n) is 10.6. The van der Waals surface area contributed by atoms with Crippen molar-refractivity contribution in [3.05, 3.63) is 34.8 Å². The van der Waals surface area contributed by atoms with Crippen LogP contribution in [0.25, 0.3) is 0 Å². The number of hydrogen-bond donors (Lipinski definition) is 2. The Morgan fingerprint density at radius 1 is 1.42 bits per heavy atom. The van der Waals surface area contributed by atoms with Gasteiger partial charge >= 0.3 is 5.97 Å². The molecule has 6 heteroatoms. The van der Waals surface area contributed by atoms with E-state index in [4.69, 9.17) is 9.84 Å². The predicted molar refractivity (Wildman–Crippen MR) is 74.7 cm³/mol. The highest BCUT2D eigenvalue weighted by atomic mass is 32.1. The van der Waals surface area contributed by atoms with Crippen LogP contribution in [0.15, 0.2) is 24.3 Å². The van der Waals surface area contributed by atoms with Gasteiger partial charge in [0.1, 0.15) is 10.6 Å². The van der Waals surface area contributed by atoms with Crippen LogP contribution in [0.2, 0.25) is 0 Å². The average molecular weight is 278 g/mol. The van der Waals surface area contributed by atoms with E-state index in [9.17, 15) is 4.79 Å². The number of anilines is 2. The van der Waals surface area contributed by atoms with Gasteiger partial charge in [0.2, 0.25) is 0 Å². The summed E-state index contributed by atoms with van der Waals surface area (Å²) in [6, 6.07) is 7.36. The molecule has 0 spiro atoms. The van der Waals surface area contributed by atoms with Gasteiger partial charge in [-0.1, -0.05) is 18.3 Å². The number of hydrogen-bond acceptors (Lipinski definition) is 5. The van der Waals surface area contributed by atoms with Crippen molar-refractivity contribution in [3.63, 3.8) is 0 Å². The van der Waals surface area contributed by atoms with Crippen LogP contribution in [0, 0.1) is 0 Å². The lowest BCUT2D eigenvalue weighted by molar-refractivity contribution is 0.0701. The van der Waals surface area contributed by atoms with E-state index < -0.39 is 5.97 Å². The van der Waals surface area contributed by atoms with Crippen molar-refractivity contribution in [2.75, 3.05) is 12.4 Å². The second-order valence-corrected chi connectivity index (χ2v) is 4.81. The molecule has 0 aliphatic heterocycles. The van der Waals surface area contributed by atoms with Crippen LogP contribution in [-0.4, -0.2) is 23.2 Å². The third-order valence-corrected chi connectivity index (χ3v) is 3.57. The quantitative estimate of drug-likeness (QED) is 0.879. The minimum Gasteiger partial charge on any atom is -0.497 e. The molecule has 0 atom stereocenters. The number of aromatic nitrogens is 1. The molecule has 0 fully saturated rings. The topological polar surface area (TPSA) is 71.5 Å². The SMILES string of the molecule is CCc1nc(Nc2ccc(OC)cc2)sc1C(=O)O. The summed E-state index contributed by atoms with van der Waals surface area (Å²) in [4.78, 5) is 15.6. The van der Waals surface area contributed by atoms with Gasteiger partial charge in [0, 0.05) is 5.69 Å². The first-order valence-electron chi connectivity index (χ1n) is 5.78. The standard InChI is InChI=1S/C13H14N2O3S/c1-3-10-11(12(16)17)19-13(15-10)14-8-4-6-9(18-2)7-5-8/h4-7H,3H2,1-2H3,(H,14,15)(H,16,17). The van der Waals surface area contributed by atoms with Gasteiger partial charge in [-0.25, -0.2) is 9.78 Å². The van der Waals surface area contributed by atoms with E-state index in [1.165, 1.54) is 0 Å². The Labute approximate surface area is 114 Å². The Balaban J connectivity index is 2.20. The molecule has 0 radical (unpaired) electrons. The van der Waals surface area contributed by atoms with Crippen LogP contribution in [0.5, 0.6) is 5.75 Å². The highest BCUT2D eigenvalue weighted by Gasteiger charge is 2.15. The number of benzene rings is 1. The molecule has 0 bridgehead atoms. The van der Waals surface area contributed by atoms with Crippen LogP contribution < -0.4 is 10.1 Å². The van der Waals surface area contributed by atoms with Crippen LogP contribution in [0.3, 0.4) is 0 Å². The molecule has 1 aromatic heterocycles. The van der Waals surface area contributed by atoms with E-state index in [0.717, 1.165) is 22.8 Å². The Kier molecular flexibility index (Phi) is 4.01. The summed E-state index contributed by atoms with van der Waals surface area (Å²) in [7, 11) is 1.61. The number of aryl methyl sites for hydroxylation is 1. The zero-order chi connectivity index (χ0) is 13.8. The average Bonchev–Trinajstić information content (AvgIpc) is 2.83. The molecule has 0 aliphatic carbocycles. The van der Waals surface area contributed by atoms with Crippen molar-refractivity contribution in [1.82, 2.24) is 4.98 Å². The first-order chi connectivity index (χ1) is 9.13. The Bertz CT molecular complexity index is 578. The number of carboxylic acids is 1. The maximum Gasteiger partial charge on any atom is 0.347 e. The predicted octanol–water partition coefficient (Wildman–Crippen LogP) is 3.16. The van der Waals surface area contributed by atoms with Crippen molar-refractivity contribution in [3.8, 4) is 5.75 Å². The fraction of sp³-hybridized carbons (Fsp3) is 0.231. The summed E-state index contributed by atoms with van der Waals surface area (Å²) in [5, 5.41) is 12.7. The summed E-state index contributed by atoms with van der Waals surface area (Å²) in [5.74, 6) is -0.165. The molecule has 0 saturated heterocycles. The van der Waals surface area contributed by atoms with Gasteiger partial charge in [-0.3, -0.25) is 0 Å². The lowest BCUT2D eigenvalue weighted by Gasteiger charge is -2.03. The van der Waals surface area contributed by atoms with Gasteiger partial charge in [0.05, 0.1) is 12.8 Å². The number of thiazole rings is 1. The number of rotatable bonds is 5. The number of ether oxygens (including phenoxy) is 1. The molecular formula is C13H14N2O3S. The summed E-state index contributed by atoms with van der Waals surface area (Å²) in [6.45, 7) is 1.89. The molecule has 5 nitrogen and oxygen atoms in total. The van der Waals surface area contributed by atoms with Crippen LogP contribution in [0.1, 0.15) is 22.3 Å². The van der Waals surface area contributed by atoms with Gasteiger partial charge < -0.3 is 15.2 Å². The van der Waals surface area contributed by atoms with Crippen molar-refractivity contribution < 1.29 is 14.6 Å². The molecule has 0 aliphatic rings. The number of carbonyl (C=O) groups is 1. The molecule has 2 N–H and O–H groups in total. The maximum atomic E-state index is 11.1. The van der Waals surface area contributed by atoms with Crippen LogP contribution in [-0.2, 0) is 6.42 Å². The fourth-order valence-corrected chi connectivity index (χ4v) is 2.52. The molecule has 0 saturated carbocycles. The number of methoxy groups -OCH3 is 1. The molecule has 1 aromatic carbocycles. The first kappa shape index (κ1) is 13.4. The number of nitrogens with one attached hydrogen (secondary N) is 1. The first-order valence-corrected chi connectivity index (χ1v) is 6.59. The summed E-state index contributed by atoms with van der Waals surface area (Å²) in [5.41, 5.74) is 1.45. The van der Waals surface area contributed by atoms with Gasteiger partial charge in [-0.2, -0.15) is 0 Å². The Hall–Kier alpha value is -2.08. The lowest BCUT2D eigenvalue weighted by atomic mass is 10.3. The highest BCUT2D eigenvalue weighted by molar-refractivity contribution is 7.17. The van der Waals surface area contributed by atoms with Gasteiger partial charge in [-0.05, 0) is 30.7 Å². The Morgan fingerprint density at radius 3 is 2.58 bits per heavy atom. The normalized spacial score (nSPS) is 10.2. The molecule has 0 unspecified atom stereocenters. The second-order valence-electron chi connectivity index (χ2n) is 3.81. The second kappa shape index (κ2) is 5.71. The van der Waals surface area contributed by atoms with Gasteiger partial charge in [0.25, 0.3) is 0 Å². The van der Waals surface area contributed by atoms with Gasteiger partial charge in [-0.15, -0.1) is 0 Å². The van der Waals surface area contributed by atoms with E-state index in [1.54, 1.807) is 7.11 Å². The third kappa shape index (κ3) is 3.03. The van der Waals surface area contributed by atoms with E-state index in [1.807, 2.05) is 31.2 Å². The summed E-state index contributed by atoms with van der Waals surface area (Å²) in [6.07, 6.45) is 0.600. The van der Waals surface area contributed by atoms with Crippen LogP contribution >= 0.6 is 11.3 Å². The summed E-state index contributed by atoms with van der Waals surface area (Å²) >= 11 is 1.14. The molecule has 100 valence electrons. The molecule has 2 aromatic rings. The number of aromatic carboxylic acids is 1. The minimum atomic E-state index is -0.933. The van der Waals surface area contributed by atoms with Crippen molar-refractivity contribution >= 4 is 28.1 Å². The van der Waals surface area contributed by atoms with Crippen LogP contribution in [0.4, 0.5) is 10.8 Å². The summed E-state index contributed by atoms with van der Waals surface area (Å²) < 4.78 is 5.07. The largest absolute Gasteiger partial charge is 0.497 e. The molecule has 2 rings (SSSR count). The van der Waals surface area contributed by atoms with Crippen molar-refractivity contribution in [2.45, 2.75) is 13.3 Å². The van der Waals surface area contributed by atoms with E-state index in [2.05, 4.69) is 10.3 Å². The third-order valence-electron chi connectivity index (χ3n) is 2.57. The molecular weight excluding hydrogens is 264 g/mol. The number of carboxylic acid groups (broad SMARTS) is 1. The van der Waals surface area contributed by atoms with E-state index in [0.29, 0.717) is 22.1 Å². The monoisotopic (exact) mass is 278 g/mol. The Morgan fingerprint density at radius 2 is 2.11 bits per heavy atom. The smallest absolute Gasteiger partial charge is 0.347 e. The fourth-order valence-electron chi connectivity index (χ4n) is 1.61. The van der Waals surface area contributed by atoms with E-state index in [-0.39, 0.29) is 0 Å². The highest BCUT2D eigenvalue weighted by Crippen LogP contribution is 2.27. The maximum absolute atomic E-state index is 11.1. The minimum absolute atomic E-state index is 0.290. The molecule has 0 amide bonds. The van der Waals surface area contributed by atoms with Crippen molar-refractivity contribution in [1.29, 1.82) is 0 Å². The van der Waals surface area contributed by atoms with E-state index >= 15 is 0 Å². The zero-order valence-corrected chi connectivity index (χ0v) is 11.5. The van der Waals surface area contributed by atoms with Crippen molar-refractivity contribution in [2.24, 2.45) is 0 Å². The lowest BCUT2D eigenvalue weighted by Crippen LogP contribution is -1.97. The van der Waals surface area contributed by atoms with Gasteiger partial charge in [0.15, 0.2) is 5.13 Å². The number of nitrogens with zero attached hydrogens (tertiary/aromatic N) is 1.